The molecule has 20 heavy (non-hydrogen) atoms. The van der Waals surface area contributed by atoms with Gasteiger partial charge in [-0.25, -0.2) is 9.37 Å². The van der Waals surface area contributed by atoms with Crippen molar-refractivity contribution in [1.29, 1.82) is 0 Å². The Morgan fingerprint density at radius 2 is 2.10 bits per heavy atom. The summed E-state index contributed by atoms with van der Waals surface area (Å²) in [6, 6.07) is 1.03. The van der Waals surface area contributed by atoms with Gasteiger partial charge in [-0.05, 0) is 13.0 Å². The Morgan fingerprint density at radius 1 is 1.45 bits per heavy atom. The molecule has 0 aliphatic carbocycles. The molecule has 2 heterocycles. The minimum Gasteiger partial charge on any atom is -0.370 e. The van der Waals surface area contributed by atoms with Crippen LogP contribution in [0.1, 0.15) is 17.3 Å². The minimum atomic E-state index is -0.664. The number of pyridine rings is 1. The van der Waals surface area contributed by atoms with Gasteiger partial charge in [0.05, 0.1) is 11.8 Å². The van der Waals surface area contributed by atoms with Crippen molar-refractivity contribution < 1.29 is 18.8 Å². The second kappa shape index (κ2) is 5.64. The van der Waals surface area contributed by atoms with E-state index >= 15 is 0 Å². The largest absolute Gasteiger partial charge is 0.370 e. The van der Waals surface area contributed by atoms with Crippen LogP contribution in [0.2, 0.25) is 0 Å². The number of piperazine rings is 1. The van der Waals surface area contributed by atoms with Gasteiger partial charge in [0.2, 0.25) is 11.8 Å². The molecule has 1 saturated heterocycles. The number of hydrogen-bond acceptors (Lipinski definition) is 5. The Kier molecular flexibility index (Phi) is 3.92. The number of aromatic nitrogens is 1. The molecule has 3 amide bonds. The van der Waals surface area contributed by atoms with Crippen LogP contribution in [-0.2, 0) is 9.59 Å². The lowest BCUT2D eigenvalue weighted by molar-refractivity contribution is -0.135. The summed E-state index contributed by atoms with van der Waals surface area (Å²) in [6.45, 7) is 1.81. The van der Waals surface area contributed by atoms with E-state index in [4.69, 9.17) is 0 Å². The third-order valence-electron chi connectivity index (χ3n) is 2.66. The standard InChI is InChI=1S/C12H13FN4O3/c1-2-14-11-8(3-7(13)4-15-11)12(20)17-5-9(18)16-10(19)6-17/h3-4H,2,5-6H2,1H3,(H,14,15)(H,16,18,19). The molecule has 1 aromatic heterocycles. The maximum Gasteiger partial charge on any atom is 0.258 e. The van der Waals surface area contributed by atoms with Gasteiger partial charge in [-0.3, -0.25) is 19.7 Å². The summed E-state index contributed by atoms with van der Waals surface area (Å²) in [5.74, 6) is -2.19. The molecule has 0 radical (unpaired) electrons. The summed E-state index contributed by atoms with van der Waals surface area (Å²) in [5.41, 5.74) is -0.00523. The number of carbonyl (C=O) groups excluding carboxylic acids is 3. The first-order chi connectivity index (χ1) is 9.51. The normalized spacial score (nSPS) is 15.0. The van der Waals surface area contributed by atoms with Gasteiger partial charge in [-0.1, -0.05) is 0 Å². The molecule has 1 aliphatic heterocycles. The summed E-state index contributed by atoms with van der Waals surface area (Å²) in [4.78, 5) is 39.7. The Morgan fingerprint density at radius 3 is 2.70 bits per heavy atom. The van der Waals surface area contributed by atoms with Crippen LogP contribution in [0.3, 0.4) is 0 Å². The van der Waals surface area contributed by atoms with Crippen molar-refractivity contribution >= 4 is 23.5 Å². The molecule has 0 atom stereocenters. The first-order valence-electron chi connectivity index (χ1n) is 6.02. The van der Waals surface area contributed by atoms with E-state index in [9.17, 15) is 18.8 Å². The highest BCUT2D eigenvalue weighted by Gasteiger charge is 2.28. The molecule has 2 N–H and O–H groups in total. The van der Waals surface area contributed by atoms with Crippen molar-refractivity contribution in [2.75, 3.05) is 25.0 Å². The molecule has 0 saturated carbocycles. The maximum atomic E-state index is 13.3. The van der Waals surface area contributed by atoms with Gasteiger partial charge in [0.15, 0.2) is 0 Å². The molecular weight excluding hydrogens is 267 g/mol. The third-order valence-corrected chi connectivity index (χ3v) is 2.66. The second-order valence-electron chi connectivity index (χ2n) is 4.21. The Balaban J connectivity index is 2.30. The molecule has 1 fully saturated rings. The van der Waals surface area contributed by atoms with Crippen LogP contribution in [0.5, 0.6) is 0 Å². The van der Waals surface area contributed by atoms with Gasteiger partial charge in [0, 0.05) is 6.54 Å². The van der Waals surface area contributed by atoms with Gasteiger partial charge in [-0.15, -0.1) is 0 Å². The zero-order chi connectivity index (χ0) is 14.7. The summed E-state index contributed by atoms with van der Waals surface area (Å²) < 4.78 is 13.3. The zero-order valence-electron chi connectivity index (χ0n) is 10.8. The maximum absolute atomic E-state index is 13.3. The van der Waals surface area contributed by atoms with Crippen LogP contribution in [0.15, 0.2) is 12.3 Å². The fourth-order valence-electron chi connectivity index (χ4n) is 1.86. The lowest BCUT2D eigenvalue weighted by Gasteiger charge is -2.26. The van der Waals surface area contributed by atoms with Crippen molar-refractivity contribution in [3.05, 3.63) is 23.6 Å². The van der Waals surface area contributed by atoms with E-state index in [-0.39, 0.29) is 24.5 Å². The summed E-state index contributed by atoms with van der Waals surface area (Å²) >= 11 is 0. The van der Waals surface area contributed by atoms with Crippen LogP contribution in [0.25, 0.3) is 0 Å². The molecule has 8 heteroatoms. The topological polar surface area (TPSA) is 91.4 Å². The highest BCUT2D eigenvalue weighted by Crippen LogP contribution is 2.16. The van der Waals surface area contributed by atoms with Gasteiger partial charge in [0.1, 0.15) is 24.7 Å². The SMILES string of the molecule is CCNc1ncc(F)cc1C(=O)N1CC(=O)NC(=O)C1. The van der Waals surface area contributed by atoms with Gasteiger partial charge >= 0.3 is 0 Å². The zero-order valence-corrected chi connectivity index (χ0v) is 10.8. The molecule has 2 rings (SSSR count). The van der Waals surface area contributed by atoms with Gasteiger partial charge < -0.3 is 10.2 Å². The van der Waals surface area contributed by atoms with Crippen molar-refractivity contribution in [1.82, 2.24) is 15.2 Å². The van der Waals surface area contributed by atoms with Crippen molar-refractivity contribution in [2.24, 2.45) is 0 Å². The number of rotatable bonds is 3. The number of imide groups is 1. The van der Waals surface area contributed by atoms with E-state index in [2.05, 4.69) is 15.6 Å². The van der Waals surface area contributed by atoms with E-state index in [1.54, 1.807) is 6.92 Å². The van der Waals surface area contributed by atoms with Gasteiger partial charge in [-0.2, -0.15) is 0 Å². The van der Waals surface area contributed by atoms with Crippen LogP contribution >= 0.6 is 0 Å². The van der Waals surface area contributed by atoms with Gasteiger partial charge in [0.25, 0.3) is 5.91 Å². The fraction of sp³-hybridized carbons (Fsp3) is 0.333. The van der Waals surface area contributed by atoms with E-state index in [1.165, 1.54) is 0 Å². The molecule has 1 aromatic rings. The monoisotopic (exact) mass is 280 g/mol. The number of nitrogens with zero attached hydrogens (tertiary/aromatic N) is 2. The predicted molar refractivity (Wildman–Crippen MR) is 67.4 cm³/mol. The van der Waals surface area contributed by atoms with Crippen LogP contribution in [-0.4, -0.2) is 47.2 Å². The highest BCUT2D eigenvalue weighted by atomic mass is 19.1. The molecule has 0 unspecified atom stereocenters. The number of carbonyl (C=O) groups is 3. The molecule has 0 bridgehead atoms. The smallest absolute Gasteiger partial charge is 0.258 e. The van der Waals surface area contributed by atoms with E-state index < -0.39 is 23.5 Å². The van der Waals surface area contributed by atoms with Crippen molar-refractivity contribution in [3.8, 4) is 0 Å². The highest BCUT2D eigenvalue weighted by molar-refractivity contribution is 6.07. The number of nitrogens with one attached hydrogen (secondary N) is 2. The summed E-state index contributed by atoms with van der Waals surface area (Å²) in [6.07, 6.45) is 0.989. The Hall–Kier alpha value is -2.51. The molecule has 7 nitrogen and oxygen atoms in total. The lowest BCUT2D eigenvalue weighted by atomic mass is 10.2. The Bertz CT molecular complexity index is 560. The molecule has 0 aromatic carbocycles. The van der Waals surface area contributed by atoms with Crippen LogP contribution < -0.4 is 10.6 Å². The molecule has 0 spiro atoms. The van der Waals surface area contributed by atoms with Crippen LogP contribution in [0, 0.1) is 5.82 Å². The Labute approximate surface area is 114 Å². The number of amides is 3. The van der Waals surface area contributed by atoms with Crippen molar-refractivity contribution in [3.63, 3.8) is 0 Å². The average Bonchev–Trinajstić information content (AvgIpc) is 2.39. The molecular formula is C12H13FN4O3. The van der Waals surface area contributed by atoms with Crippen molar-refractivity contribution in [2.45, 2.75) is 6.92 Å². The first-order valence-corrected chi connectivity index (χ1v) is 6.02. The number of halogens is 1. The minimum absolute atomic E-state index is 0.00523. The number of hydrogen-bond donors (Lipinski definition) is 2. The summed E-state index contributed by atoms with van der Waals surface area (Å²) in [5, 5.41) is 4.92. The van der Waals surface area contributed by atoms with E-state index in [0.717, 1.165) is 17.2 Å². The van der Waals surface area contributed by atoms with Crippen LogP contribution in [0.4, 0.5) is 10.2 Å². The average molecular weight is 280 g/mol. The quantitative estimate of drug-likeness (QED) is 0.745. The van der Waals surface area contributed by atoms with E-state index in [1.807, 2.05) is 0 Å². The lowest BCUT2D eigenvalue weighted by Crippen LogP contribution is -2.53. The molecule has 106 valence electrons. The third kappa shape index (κ3) is 2.90. The van der Waals surface area contributed by atoms with E-state index in [0.29, 0.717) is 6.54 Å². The number of anilines is 1. The second-order valence-corrected chi connectivity index (χ2v) is 4.21. The molecule has 1 aliphatic rings. The fourth-order valence-corrected chi connectivity index (χ4v) is 1.86. The summed E-state index contributed by atoms with van der Waals surface area (Å²) in [7, 11) is 0. The first kappa shape index (κ1) is 13.9. The predicted octanol–water partition coefficient (Wildman–Crippen LogP) is -0.249.